The Hall–Kier alpha value is -6.27. The van der Waals surface area contributed by atoms with Crippen LogP contribution >= 0.6 is 0 Å². The molecule has 3 aliphatic carbocycles. The lowest BCUT2D eigenvalue weighted by molar-refractivity contribution is 0.631. The van der Waals surface area contributed by atoms with Crippen molar-refractivity contribution in [1.82, 2.24) is 28.7 Å². The molecule has 1 atom stereocenters. The number of nitrogens with zero attached hydrogens (tertiary/aromatic N) is 6. The van der Waals surface area contributed by atoms with Crippen LogP contribution in [0.3, 0.4) is 0 Å². The SMILES string of the molecule is C=C(/C=C\C=C/C)n1c(-c2cc(-c3nc4c(n3C3=CC=CCC3)CCC=C4)cc(-c3nc4ccccc4n3C3C=CC=CC3)c2)nc2ccccc21. The van der Waals surface area contributed by atoms with Crippen molar-refractivity contribution in [2.45, 2.75) is 45.1 Å². The van der Waals surface area contributed by atoms with Crippen LogP contribution in [0.2, 0.25) is 0 Å². The Morgan fingerprint density at radius 2 is 1.48 bits per heavy atom. The summed E-state index contributed by atoms with van der Waals surface area (Å²) in [5.41, 5.74) is 11.5. The van der Waals surface area contributed by atoms with Crippen LogP contribution in [-0.4, -0.2) is 28.7 Å². The fraction of sp³-hybridized carbons (Fsp3) is 0.152. The lowest BCUT2D eigenvalue weighted by atomic mass is 10.0. The van der Waals surface area contributed by atoms with Crippen LogP contribution in [0.15, 0.2) is 146 Å². The van der Waals surface area contributed by atoms with Gasteiger partial charge in [0.2, 0.25) is 0 Å². The number of allylic oxidation sites excluding steroid dienone is 14. The lowest BCUT2D eigenvalue weighted by Gasteiger charge is -2.21. The highest BCUT2D eigenvalue weighted by atomic mass is 15.1. The van der Waals surface area contributed by atoms with Gasteiger partial charge in [0.05, 0.1) is 39.5 Å². The molecule has 6 nitrogen and oxygen atoms in total. The molecular formula is C46H40N6. The number of benzene rings is 3. The van der Waals surface area contributed by atoms with Gasteiger partial charge >= 0.3 is 0 Å². The van der Waals surface area contributed by atoms with E-state index in [1.165, 1.54) is 11.4 Å². The van der Waals surface area contributed by atoms with Gasteiger partial charge in [-0.1, -0.05) is 91.6 Å². The molecule has 0 N–H and O–H groups in total. The molecular weight excluding hydrogens is 637 g/mol. The molecule has 0 spiro atoms. The summed E-state index contributed by atoms with van der Waals surface area (Å²) < 4.78 is 6.99. The molecule has 0 bridgehead atoms. The smallest absolute Gasteiger partial charge is 0.145 e. The average molecular weight is 677 g/mol. The number of para-hydroxylation sites is 4. The summed E-state index contributed by atoms with van der Waals surface area (Å²) in [7, 11) is 0. The summed E-state index contributed by atoms with van der Waals surface area (Å²) in [6.07, 6.45) is 32.8. The van der Waals surface area contributed by atoms with Crippen LogP contribution in [0, 0.1) is 0 Å². The van der Waals surface area contributed by atoms with Crippen LogP contribution < -0.4 is 0 Å². The second-order valence-electron chi connectivity index (χ2n) is 13.5. The first-order chi connectivity index (χ1) is 25.7. The Bertz CT molecular complexity index is 2590. The van der Waals surface area contributed by atoms with Gasteiger partial charge in [-0.2, -0.15) is 0 Å². The molecule has 0 radical (unpaired) electrons. The minimum atomic E-state index is 0.138. The van der Waals surface area contributed by atoms with E-state index in [0.29, 0.717) is 0 Å². The third-order valence-corrected chi connectivity index (χ3v) is 10.1. The zero-order valence-electron chi connectivity index (χ0n) is 29.4. The standard InChI is InChI=1S/C46H40N6/c1-3-4-7-18-32(2)50-41-26-15-12-23-38(41)47-44(50)33-29-34(45-48-39-24-13-16-27-42(39)51(45)36-19-8-5-9-20-36)31-35(30-33)46-49-40-25-14-17-28-43(40)52(46)37-21-10-6-11-22-37/h3-10,12-16,18-19,21,23-27,29-31,36H,2,11,17,20,22,28H2,1H3/b4-3-,18-7-. The van der Waals surface area contributed by atoms with Crippen LogP contribution in [-0.2, 0) is 6.42 Å². The van der Waals surface area contributed by atoms with E-state index in [4.69, 9.17) is 15.0 Å². The summed E-state index contributed by atoms with van der Waals surface area (Å²) in [4.78, 5) is 16.0. The van der Waals surface area contributed by atoms with Gasteiger partial charge in [0.15, 0.2) is 0 Å². The summed E-state index contributed by atoms with van der Waals surface area (Å²) in [6.45, 7) is 6.54. The molecule has 0 fully saturated rings. The molecule has 3 heterocycles. The first-order valence-electron chi connectivity index (χ1n) is 18.2. The fourth-order valence-electron chi connectivity index (χ4n) is 7.76. The molecule has 0 aliphatic heterocycles. The highest BCUT2D eigenvalue weighted by Crippen LogP contribution is 2.40. The summed E-state index contributed by atoms with van der Waals surface area (Å²) in [5.74, 6) is 2.69. The molecule has 3 aliphatic rings. The van der Waals surface area contributed by atoms with Crippen molar-refractivity contribution in [3.05, 3.63) is 158 Å². The molecule has 52 heavy (non-hydrogen) atoms. The zero-order valence-corrected chi connectivity index (χ0v) is 29.4. The third kappa shape index (κ3) is 5.57. The van der Waals surface area contributed by atoms with E-state index in [9.17, 15) is 0 Å². The van der Waals surface area contributed by atoms with E-state index in [0.717, 1.165) is 99.7 Å². The van der Waals surface area contributed by atoms with Crippen molar-refractivity contribution in [1.29, 1.82) is 0 Å². The molecule has 6 aromatic rings. The lowest BCUT2D eigenvalue weighted by Crippen LogP contribution is -2.09. The van der Waals surface area contributed by atoms with E-state index in [2.05, 4.69) is 136 Å². The van der Waals surface area contributed by atoms with Crippen molar-refractivity contribution in [2.75, 3.05) is 0 Å². The fourth-order valence-corrected chi connectivity index (χ4v) is 7.76. The first kappa shape index (κ1) is 31.7. The molecule has 3 aromatic heterocycles. The third-order valence-electron chi connectivity index (χ3n) is 10.1. The topological polar surface area (TPSA) is 53.5 Å². The summed E-state index contributed by atoms with van der Waals surface area (Å²) >= 11 is 0. The van der Waals surface area contributed by atoms with Gasteiger partial charge in [0.25, 0.3) is 0 Å². The van der Waals surface area contributed by atoms with Gasteiger partial charge in [0, 0.05) is 28.1 Å². The van der Waals surface area contributed by atoms with Gasteiger partial charge in [0.1, 0.15) is 17.5 Å². The highest BCUT2D eigenvalue weighted by Gasteiger charge is 2.26. The number of hydrogen-bond acceptors (Lipinski definition) is 3. The van der Waals surface area contributed by atoms with Crippen molar-refractivity contribution in [3.8, 4) is 34.2 Å². The highest BCUT2D eigenvalue weighted by molar-refractivity contribution is 5.89. The van der Waals surface area contributed by atoms with Gasteiger partial charge in [-0.05, 0) is 99.7 Å². The van der Waals surface area contributed by atoms with Crippen LogP contribution in [0.4, 0.5) is 0 Å². The predicted octanol–water partition coefficient (Wildman–Crippen LogP) is 11.4. The molecule has 0 saturated carbocycles. The van der Waals surface area contributed by atoms with Crippen molar-refractivity contribution < 1.29 is 0 Å². The average Bonchev–Trinajstić information content (AvgIpc) is 3.91. The first-order valence-corrected chi connectivity index (χ1v) is 18.2. The van der Waals surface area contributed by atoms with Crippen molar-refractivity contribution in [2.24, 2.45) is 0 Å². The Kier molecular flexibility index (Phi) is 8.20. The number of hydrogen-bond donors (Lipinski definition) is 0. The molecule has 0 saturated heterocycles. The van der Waals surface area contributed by atoms with Crippen LogP contribution in [0.1, 0.15) is 50.0 Å². The minimum absolute atomic E-state index is 0.138. The monoisotopic (exact) mass is 676 g/mol. The number of imidazole rings is 3. The molecule has 6 heteroatoms. The quantitative estimate of drug-likeness (QED) is 0.151. The number of fused-ring (bicyclic) bond motifs is 3. The van der Waals surface area contributed by atoms with Gasteiger partial charge < -0.3 is 4.57 Å². The Morgan fingerprint density at radius 1 is 0.750 bits per heavy atom. The maximum Gasteiger partial charge on any atom is 0.145 e. The molecule has 0 amide bonds. The summed E-state index contributed by atoms with van der Waals surface area (Å²) in [5, 5.41) is 0. The van der Waals surface area contributed by atoms with E-state index in [1.54, 1.807) is 0 Å². The van der Waals surface area contributed by atoms with Gasteiger partial charge in [-0.3, -0.25) is 9.13 Å². The largest absolute Gasteiger partial charge is 0.317 e. The Labute approximate surface area is 304 Å². The maximum atomic E-state index is 5.37. The molecule has 254 valence electrons. The Balaban J connectivity index is 1.34. The zero-order chi connectivity index (χ0) is 35.0. The van der Waals surface area contributed by atoms with E-state index in [1.807, 2.05) is 37.3 Å². The van der Waals surface area contributed by atoms with Gasteiger partial charge in [-0.15, -0.1) is 0 Å². The predicted molar refractivity (Wildman–Crippen MR) is 216 cm³/mol. The Morgan fingerprint density at radius 3 is 2.25 bits per heavy atom. The van der Waals surface area contributed by atoms with Crippen LogP contribution in [0.25, 0.3) is 73.7 Å². The van der Waals surface area contributed by atoms with E-state index < -0.39 is 0 Å². The molecule has 1 unspecified atom stereocenters. The van der Waals surface area contributed by atoms with E-state index >= 15 is 0 Å². The molecule has 9 rings (SSSR count). The van der Waals surface area contributed by atoms with Crippen molar-refractivity contribution >= 4 is 39.5 Å². The van der Waals surface area contributed by atoms with Gasteiger partial charge in [-0.25, -0.2) is 15.0 Å². The summed E-state index contributed by atoms with van der Waals surface area (Å²) in [6, 6.07) is 23.7. The van der Waals surface area contributed by atoms with E-state index in [-0.39, 0.29) is 6.04 Å². The minimum Gasteiger partial charge on any atom is -0.317 e. The van der Waals surface area contributed by atoms with Crippen LogP contribution in [0.5, 0.6) is 0 Å². The second kappa shape index (κ2) is 13.5. The number of aromatic nitrogens is 6. The number of rotatable bonds is 8. The molecule has 3 aromatic carbocycles. The normalized spacial score (nSPS) is 16.9. The maximum absolute atomic E-state index is 5.37. The second-order valence-corrected chi connectivity index (χ2v) is 13.5. The van der Waals surface area contributed by atoms with Crippen molar-refractivity contribution in [3.63, 3.8) is 0 Å².